The highest BCUT2D eigenvalue weighted by molar-refractivity contribution is 9.09. The van der Waals surface area contributed by atoms with E-state index in [2.05, 4.69) is 15.9 Å². The Kier molecular flexibility index (Phi) is 9.47. The summed E-state index contributed by atoms with van der Waals surface area (Å²) in [6, 6.07) is 0. The maximum atomic E-state index is 11.3. The second-order valence-electron chi connectivity index (χ2n) is 3.43. The van der Waals surface area contributed by atoms with Crippen molar-refractivity contribution >= 4 is 21.9 Å². The second-order valence-corrected chi connectivity index (χ2v) is 4.22. The molecule has 0 bridgehead atoms. The summed E-state index contributed by atoms with van der Waals surface area (Å²) in [5.74, 6) is -0.0340. The lowest BCUT2D eigenvalue weighted by Gasteiger charge is -2.13. The molecule has 14 heavy (non-hydrogen) atoms. The van der Waals surface area contributed by atoms with E-state index in [4.69, 9.17) is 4.74 Å². The Labute approximate surface area is 95.5 Å². The Bertz CT molecular complexity index is 144. The first-order valence-electron chi connectivity index (χ1n) is 5.50. The predicted molar refractivity (Wildman–Crippen MR) is 62.7 cm³/mol. The van der Waals surface area contributed by atoms with E-state index < -0.39 is 0 Å². The fraction of sp³-hybridized carbons (Fsp3) is 0.909. The number of halogens is 1. The minimum atomic E-state index is -0.0340. The normalized spacial score (nSPS) is 10.6. The van der Waals surface area contributed by atoms with Gasteiger partial charge in [-0.2, -0.15) is 0 Å². The molecule has 0 aliphatic carbocycles. The topological polar surface area (TPSA) is 26.3 Å². The first-order valence-corrected chi connectivity index (χ1v) is 6.62. The van der Waals surface area contributed by atoms with Gasteiger partial charge in [0.05, 0.1) is 0 Å². The van der Waals surface area contributed by atoms with Crippen molar-refractivity contribution in [2.75, 3.05) is 5.33 Å². The Morgan fingerprint density at radius 1 is 1.21 bits per heavy atom. The van der Waals surface area contributed by atoms with Crippen molar-refractivity contribution in [2.45, 2.75) is 58.5 Å². The molecule has 0 atom stereocenters. The molecule has 0 saturated carbocycles. The van der Waals surface area contributed by atoms with Crippen LogP contribution in [0.25, 0.3) is 0 Å². The highest BCUT2D eigenvalue weighted by atomic mass is 79.9. The van der Waals surface area contributed by atoms with Crippen LogP contribution in [0.2, 0.25) is 0 Å². The summed E-state index contributed by atoms with van der Waals surface area (Å²) in [6.45, 7) is 4.10. The number of hydrogen-bond donors (Lipinski definition) is 0. The highest BCUT2D eigenvalue weighted by Crippen LogP contribution is 2.07. The molecule has 0 radical (unpaired) electrons. The minimum absolute atomic E-state index is 0.0340. The number of esters is 1. The van der Waals surface area contributed by atoms with Gasteiger partial charge in [-0.1, -0.05) is 36.2 Å². The van der Waals surface area contributed by atoms with E-state index in [9.17, 15) is 4.79 Å². The average Bonchev–Trinajstić information content (AvgIpc) is 2.21. The monoisotopic (exact) mass is 264 g/mol. The first-order chi connectivity index (χ1) is 6.74. The van der Waals surface area contributed by atoms with Gasteiger partial charge in [0.2, 0.25) is 0 Å². The molecule has 0 aliphatic rings. The number of ether oxygens (including phenoxy) is 1. The van der Waals surface area contributed by atoms with Crippen LogP contribution in [0.15, 0.2) is 0 Å². The third kappa shape index (κ3) is 7.36. The summed E-state index contributed by atoms with van der Waals surface area (Å²) in [7, 11) is 0. The summed E-state index contributed by atoms with van der Waals surface area (Å²) in [6.07, 6.45) is 5.72. The van der Waals surface area contributed by atoms with E-state index in [0.29, 0.717) is 6.42 Å². The zero-order valence-corrected chi connectivity index (χ0v) is 10.8. The molecule has 0 fully saturated rings. The lowest BCUT2D eigenvalue weighted by atomic mass is 10.2. The van der Waals surface area contributed by atoms with Crippen LogP contribution < -0.4 is 0 Å². The summed E-state index contributed by atoms with van der Waals surface area (Å²) >= 11 is 3.36. The summed E-state index contributed by atoms with van der Waals surface area (Å²) < 4.78 is 5.28. The van der Waals surface area contributed by atoms with Crippen LogP contribution >= 0.6 is 15.9 Å². The molecule has 0 unspecified atom stereocenters. The van der Waals surface area contributed by atoms with Crippen LogP contribution in [-0.4, -0.2) is 17.4 Å². The van der Waals surface area contributed by atoms with Gasteiger partial charge in [0, 0.05) is 11.8 Å². The van der Waals surface area contributed by atoms with Crippen molar-refractivity contribution in [3.8, 4) is 0 Å². The smallest absolute Gasteiger partial charge is 0.306 e. The number of unbranched alkanes of at least 4 members (excludes halogenated alkanes) is 2. The molecule has 0 aromatic rings. The Morgan fingerprint density at radius 2 is 1.86 bits per heavy atom. The van der Waals surface area contributed by atoms with E-state index in [1.807, 2.05) is 13.8 Å². The molecule has 0 N–H and O–H groups in total. The van der Waals surface area contributed by atoms with Crippen molar-refractivity contribution in [3.63, 3.8) is 0 Å². The van der Waals surface area contributed by atoms with E-state index in [1.54, 1.807) is 0 Å². The SMILES string of the molecule is CCC(CC)OC(=O)CCCCCBr. The molecule has 0 aromatic carbocycles. The van der Waals surface area contributed by atoms with Gasteiger partial charge >= 0.3 is 5.97 Å². The molecule has 0 aromatic heterocycles. The van der Waals surface area contributed by atoms with Gasteiger partial charge in [0.1, 0.15) is 6.10 Å². The van der Waals surface area contributed by atoms with Gasteiger partial charge in [-0.3, -0.25) is 4.79 Å². The van der Waals surface area contributed by atoms with E-state index in [1.165, 1.54) is 0 Å². The van der Waals surface area contributed by atoms with Crippen LogP contribution in [0.3, 0.4) is 0 Å². The fourth-order valence-electron chi connectivity index (χ4n) is 1.24. The molecule has 2 nitrogen and oxygen atoms in total. The number of alkyl halides is 1. The van der Waals surface area contributed by atoms with Gasteiger partial charge in [0.15, 0.2) is 0 Å². The van der Waals surface area contributed by atoms with Gasteiger partial charge < -0.3 is 4.74 Å². The Hall–Kier alpha value is -0.0500. The van der Waals surface area contributed by atoms with Crippen LogP contribution in [0.4, 0.5) is 0 Å². The second kappa shape index (κ2) is 9.50. The molecule has 0 rings (SSSR count). The third-order valence-corrected chi connectivity index (χ3v) is 2.78. The Balaban J connectivity index is 3.44. The fourth-order valence-corrected chi connectivity index (χ4v) is 1.64. The average molecular weight is 265 g/mol. The summed E-state index contributed by atoms with van der Waals surface area (Å²) in [5, 5.41) is 1.02. The van der Waals surface area contributed by atoms with Gasteiger partial charge in [-0.25, -0.2) is 0 Å². The lowest BCUT2D eigenvalue weighted by Crippen LogP contribution is -2.16. The third-order valence-electron chi connectivity index (χ3n) is 2.22. The Morgan fingerprint density at radius 3 is 2.36 bits per heavy atom. The van der Waals surface area contributed by atoms with E-state index >= 15 is 0 Å². The van der Waals surface area contributed by atoms with Gasteiger partial charge in [-0.15, -0.1) is 0 Å². The van der Waals surface area contributed by atoms with E-state index in [0.717, 1.165) is 37.4 Å². The van der Waals surface area contributed by atoms with Crippen LogP contribution in [0.5, 0.6) is 0 Å². The minimum Gasteiger partial charge on any atom is -0.462 e. The van der Waals surface area contributed by atoms with Crippen molar-refractivity contribution in [2.24, 2.45) is 0 Å². The number of carbonyl (C=O) groups excluding carboxylic acids is 1. The zero-order valence-electron chi connectivity index (χ0n) is 9.22. The van der Waals surface area contributed by atoms with Crippen LogP contribution in [0.1, 0.15) is 52.4 Å². The van der Waals surface area contributed by atoms with Crippen molar-refractivity contribution in [3.05, 3.63) is 0 Å². The maximum Gasteiger partial charge on any atom is 0.306 e. The zero-order chi connectivity index (χ0) is 10.8. The quantitative estimate of drug-likeness (QED) is 0.380. The predicted octanol–water partition coefficient (Wildman–Crippen LogP) is 3.67. The molecule has 0 spiro atoms. The van der Waals surface area contributed by atoms with Crippen LogP contribution in [-0.2, 0) is 9.53 Å². The molecular formula is C11H21BrO2. The van der Waals surface area contributed by atoms with Crippen molar-refractivity contribution in [1.29, 1.82) is 0 Å². The molecule has 0 amide bonds. The summed E-state index contributed by atoms with van der Waals surface area (Å²) in [5.41, 5.74) is 0. The maximum absolute atomic E-state index is 11.3. The molecule has 3 heteroatoms. The number of rotatable bonds is 8. The molecular weight excluding hydrogens is 244 g/mol. The molecule has 0 saturated heterocycles. The lowest BCUT2D eigenvalue weighted by molar-refractivity contribution is -0.149. The van der Waals surface area contributed by atoms with Crippen molar-refractivity contribution < 1.29 is 9.53 Å². The number of hydrogen-bond acceptors (Lipinski definition) is 2. The molecule has 84 valence electrons. The number of carbonyl (C=O) groups is 1. The van der Waals surface area contributed by atoms with Crippen LogP contribution in [0, 0.1) is 0 Å². The van der Waals surface area contributed by atoms with Crippen molar-refractivity contribution in [1.82, 2.24) is 0 Å². The first kappa shape index (κ1) is 13.9. The largest absolute Gasteiger partial charge is 0.462 e. The van der Waals surface area contributed by atoms with E-state index in [-0.39, 0.29) is 12.1 Å². The highest BCUT2D eigenvalue weighted by Gasteiger charge is 2.09. The molecule has 0 heterocycles. The summed E-state index contributed by atoms with van der Waals surface area (Å²) in [4.78, 5) is 11.3. The molecule has 0 aliphatic heterocycles. The standard InChI is InChI=1S/C11H21BrO2/c1-3-10(4-2)14-11(13)8-6-5-7-9-12/h10H,3-9H2,1-2H3. The van der Waals surface area contributed by atoms with Gasteiger partial charge in [0.25, 0.3) is 0 Å². The van der Waals surface area contributed by atoms with Gasteiger partial charge in [-0.05, 0) is 25.7 Å².